The van der Waals surface area contributed by atoms with E-state index in [0.717, 1.165) is 0 Å². The zero-order chi connectivity index (χ0) is 8.31. The van der Waals surface area contributed by atoms with Gasteiger partial charge in [0.25, 0.3) is 0 Å². The number of aliphatic carboxylic acids is 2. The van der Waals surface area contributed by atoms with Crippen LogP contribution in [0.5, 0.6) is 0 Å². The molecule has 0 saturated carbocycles. The zero-order valence-electron chi connectivity index (χ0n) is 5.47. The Morgan fingerprint density at radius 2 is 1.09 bits per heavy atom. The van der Waals surface area contributed by atoms with Gasteiger partial charge >= 0.3 is 11.9 Å². The second kappa shape index (κ2) is 5.73. The van der Waals surface area contributed by atoms with Gasteiger partial charge in [-0.25, -0.2) is 9.59 Å². The first-order chi connectivity index (χ1) is 4.46. The molecule has 0 aromatic carbocycles. The number of hydrogen-bond donors (Lipinski definition) is 4. The molecular formula is C4H6CaO6. The first kappa shape index (κ1) is 13.7. The van der Waals surface area contributed by atoms with Gasteiger partial charge in [-0.1, -0.05) is 0 Å². The fourth-order valence-corrected chi connectivity index (χ4v) is 0.270. The second-order valence-corrected chi connectivity index (χ2v) is 1.57. The average molecular weight is 190 g/mol. The smallest absolute Gasteiger partial charge is 0.335 e. The van der Waals surface area contributed by atoms with Crippen LogP contribution in [-0.4, -0.2) is 82.3 Å². The minimum atomic E-state index is -2.27. The van der Waals surface area contributed by atoms with Gasteiger partial charge < -0.3 is 20.4 Å². The van der Waals surface area contributed by atoms with Crippen molar-refractivity contribution in [2.75, 3.05) is 0 Å². The van der Waals surface area contributed by atoms with Crippen molar-refractivity contribution in [1.82, 2.24) is 0 Å². The summed E-state index contributed by atoms with van der Waals surface area (Å²) in [6.45, 7) is 0. The minimum absolute atomic E-state index is 0. The summed E-state index contributed by atoms with van der Waals surface area (Å²) >= 11 is 0. The van der Waals surface area contributed by atoms with Crippen LogP contribution in [0.4, 0.5) is 0 Å². The summed E-state index contributed by atoms with van der Waals surface area (Å²) in [5.74, 6) is -3.54. The van der Waals surface area contributed by atoms with Gasteiger partial charge in [-0.05, 0) is 0 Å². The molecule has 0 aliphatic heterocycles. The van der Waals surface area contributed by atoms with Crippen LogP contribution >= 0.6 is 0 Å². The van der Waals surface area contributed by atoms with E-state index in [4.69, 9.17) is 20.4 Å². The van der Waals surface area contributed by atoms with Gasteiger partial charge in [-0.15, -0.1) is 0 Å². The molecule has 0 saturated heterocycles. The van der Waals surface area contributed by atoms with E-state index in [-0.39, 0.29) is 37.7 Å². The first-order valence-corrected chi connectivity index (χ1v) is 2.28. The third-order valence-electron chi connectivity index (χ3n) is 0.805. The Morgan fingerprint density at radius 3 is 1.18 bits per heavy atom. The molecule has 0 fully saturated rings. The van der Waals surface area contributed by atoms with E-state index >= 15 is 0 Å². The van der Waals surface area contributed by atoms with Crippen LogP contribution in [-0.2, 0) is 9.59 Å². The number of aliphatic hydroxyl groups excluding tert-OH is 2. The van der Waals surface area contributed by atoms with Crippen LogP contribution in [0.1, 0.15) is 0 Å². The Kier molecular flexibility index (Phi) is 7.13. The van der Waals surface area contributed by atoms with Crippen molar-refractivity contribution in [2.45, 2.75) is 12.2 Å². The molecule has 0 amide bonds. The molecule has 11 heavy (non-hydrogen) atoms. The number of hydrogen-bond acceptors (Lipinski definition) is 4. The molecule has 0 aromatic rings. The standard InChI is InChI=1S/C4H6O6.Ca/c5-1(3(7)8)2(6)4(9)10;/h1-2,5-6H,(H,7,8)(H,9,10);. The fourth-order valence-electron chi connectivity index (χ4n) is 0.270. The molecule has 2 unspecified atom stereocenters. The molecule has 7 heteroatoms. The van der Waals surface area contributed by atoms with E-state index in [1.54, 1.807) is 0 Å². The maximum absolute atomic E-state index is 9.77. The Balaban J connectivity index is 0. The number of carbonyl (C=O) groups is 2. The van der Waals surface area contributed by atoms with E-state index in [1.165, 1.54) is 0 Å². The Labute approximate surface area is 91.4 Å². The van der Waals surface area contributed by atoms with Crippen molar-refractivity contribution in [1.29, 1.82) is 0 Å². The maximum atomic E-state index is 9.77. The average Bonchev–Trinajstić information content (AvgIpc) is 1.84. The van der Waals surface area contributed by atoms with Gasteiger partial charge in [0.1, 0.15) is 0 Å². The molecule has 6 nitrogen and oxygen atoms in total. The molecule has 0 aromatic heterocycles. The fraction of sp³-hybridized carbons (Fsp3) is 0.500. The van der Waals surface area contributed by atoms with E-state index in [9.17, 15) is 9.59 Å². The summed E-state index contributed by atoms with van der Waals surface area (Å²) in [6, 6.07) is 0. The predicted octanol–water partition coefficient (Wildman–Crippen LogP) is -2.50. The molecule has 4 N–H and O–H groups in total. The van der Waals surface area contributed by atoms with Crippen molar-refractivity contribution < 1.29 is 30.0 Å². The van der Waals surface area contributed by atoms with Crippen LogP contribution in [0.25, 0.3) is 0 Å². The van der Waals surface area contributed by atoms with E-state index < -0.39 is 24.1 Å². The normalized spacial score (nSPS) is 14.4. The summed E-state index contributed by atoms with van der Waals surface area (Å²) < 4.78 is 0. The third-order valence-corrected chi connectivity index (χ3v) is 0.805. The Morgan fingerprint density at radius 1 is 0.909 bits per heavy atom. The summed E-state index contributed by atoms with van der Waals surface area (Å²) in [4.78, 5) is 19.5. The van der Waals surface area contributed by atoms with Gasteiger partial charge in [-0.3, -0.25) is 0 Å². The number of rotatable bonds is 3. The van der Waals surface area contributed by atoms with Crippen molar-refractivity contribution in [3.05, 3.63) is 0 Å². The van der Waals surface area contributed by atoms with Crippen LogP contribution in [0.2, 0.25) is 0 Å². The molecular weight excluding hydrogens is 184 g/mol. The van der Waals surface area contributed by atoms with Crippen molar-refractivity contribution in [3.8, 4) is 0 Å². The summed E-state index contributed by atoms with van der Waals surface area (Å²) in [6.07, 6.45) is -4.53. The van der Waals surface area contributed by atoms with Crippen LogP contribution in [0, 0.1) is 0 Å². The predicted molar refractivity (Wildman–Crippen MR) is 33.0 cm³/mol. The van der Waals surface area contributed by atoms with Crippen molar-refractivity contribution in [3.63, 3.8) is 0 Å². The summed E-state index contributed by atoms with van der Waals surface area (Å²) in [5.41, 5.74) is 0. The molecule has 0 heterocycles. The van der Waals surface area contributed by atoms with Crippen LogP contribution in [0.3, 0.4) is 0 Å². The first-order valence-electron chi connectivity index (χ1n) is 2.28. The molecule has 60 valence electrons. The molecule has 0 aliphatic carbocycles. The molecule has 0 aliphatic rings. The monoisotopic (exact) mass is 190 g/mol. The number of carboxylic acids is 2. The quantitative estimate of drug-likeness (QED) is 0.365. The Bertz CT molecular complexity index is 139. The van der Waals surface area contributed by atoms with Crippen LogP contribution < -0.4 is 0 Å². The van der Waals surface area contributed by atoms with E-state index in [1.807, 2.05) is 0 Å². The van der Waals surface area contributed by atoms with Gasteiger partial charge in [-0.2, -0.15) is 0 Å². The molecule has 0 bridgehead atoms. The minimum Gasteiger partial charge on any atom is -0.479 e. The maximum Gasteiger partial charge on any atom is 0.335 e. The molecule has 0 spiro atoms. The van der Waals surface area contributed by atoms with Crippen molar-refractivity contribution in [2.24, 2.45) is 0 Å². The third kappa shape index (κ3) is 4.54. The van der Waals surface area contributed by atoms with Crippen LogP contribution in [0.15, 0.2) is 0 Å². The molecule has 2 radical (unpaired) electrons. The largest absolute Gasteiger partial charge is 0.479 e. The van der Waals surface area contributed by atoms with Gasteiger partial charge in [0, 0.05) is 37.7 Å². The number of carboxylic acid groups (broad SMARTS) is 2. The number of aliphatic hydroxyl groups is 2. The van der Waals surface area contributed by atoms with Gasteiger partial charge in [0.2, 0.25) is 0 Å². The zero-order valence-corrected chi connectivity index (χ0v) is 7.68. The Hall–Kier alpha value is 0.120. The second-order valence-electron chi connectivity index (χ2n) is 1.57. The summed E-state index contributed by atoms with van der Waals surface area (Å²) in [5, 5.41) is 32.5. The van der Waals surface area contributed by atoms with E-state index in [2.05, 4.69) is 0 Å². The van der Waals surface area contributed by atoms with E-state index in [0.29, 0.717) is 0 Å². The SMILES string of the molecule is O=C(O)C(O)C(O)C(=O)O.[Ca]. The molecule has 0 rings (SSSR count). The molecule has 2 atom stereocenters. The van der Waals surface area contributed by atoms with Gasteiger partial charge in [0.15, 0.2) is 12.2 Å². The van der Waals surface area contributed by atoms with Crippen molar-refractivity contribution >= 4 is 49.7 Å². The van der Waals surface area contributed by atoms with Gasteiger partial charge in [0.05, 0.1) is 0 Å². The topological polar surface area (TPSA) is 115 Å². The summed E-state index contributed by atoms with van der Waals surface area (Å²) in [7, 11) is 0.